The van der Waals surface area contributed by atoms with Crippen molar-refractivity contribution < 1.29 is 0 Å². The number of fused-ring (bicyclic) bond motifs is 2. The molecule has 0 radical (unpaired) electrons. The molecule has 2 N–H and O–H groups in total. The summed E-state index contributed by atoms with van der Waals surface area (Å²) in [4.78, 5) is 2.75. The lowest BCUT2D eigenvalue weighted by Gasteiger charge is -2.35. The van der Waals surface area contributed by atoms with Crippen LogP contribution in [-0.4, -0.2) is 30.1 Å². The molecule has 1 aliphatic heterocycles. The van der Waals surface area contributed by atoms with E-state index in [4.69, 9.17) is 5.73 Å². The quantitative estimate of drug-likeness (QED) is 0.798. The fraction of sp³-hybridized carbons (Fsp3) is 1.00. The van der Waals surface area contributed by atoms with Crippen molar-refractivity contribution in [1.29, 1.82) is 0 Å². The number of hydrogen-bond acceptors (Lipinski definition) is 2. The zero-order valence-electron chi connectivity index (χ0n) is 11.3. The first-order valence-corrected chi connectivity index (χ1v) is 7.75. The number of nitrogens with zero attached hydrogens (tertiary/aromatic N) is 1. The van der Waals surface area contributed by atoms with Gasteiger partial charge in [-0.3, -0.25) is 0 Å². The largest absolute Gasteiger partial charge is 0.327 e. The molecule has 1 saturated heterocycles. The molecule has 3 aliphatic rings. The van der Waals surface area contributed by atoms with Crippen LogP contribution in [0.15, 0.2) is 0 Å². The summed E-state index contributed by atoms with van der Waals surface area (Å²) in [5.74, 6) is 2.65. The van der Waals surface area contributed by atoms with Gasteiger partial charge < -0.3 is 10.6 Å². The summed E-state index contributed by atoms with van der Waals surface area (Å²) in [5, 5.41) is 0. The number of hydrogen-bond donors (Lipinski definition) is 1. The van der Waals surface area contributed by atoms with Gasteiger partial charge in [0.05, 0.1) is 0 Å². The maximum absolute atomic E-state index is 6.44. The predicted octanol–water partition coefficient (Wildman–Crippen LogP) is 2.62. The van der Waals surface area contributed by atoms with E-state index in [9.17, 15) is 0 Å². The normalized spacial score (nSPS) is 47.3. The molecule has 2 saturated carbocycles. The Morgan fingerprint density at radius 1 is 1.06 bits per heavy atom. The first kappa shape index (κ1) is 12.0. The number of nitrogens with two attached hydrogens (primary N) is 1. The summed E-state index contributed by atoms with van der Waals surface area (Å²) in [6.07, 6.45) is 9.98. The standard InChI is InChI=1S/C15H28N2/c1-11-5-3-2-4-8-17(11)10-14-12-6-7-13(9-12)15(14)16/h11-15H,2-10,16H2,1H3. The highest BCUT2D eigenvalue weighted by Crippen LogP contribution is 2.48. The maximum Gasteiger partial charge on any atom is 0.0111 e. The third kappa shape index (κ3) is 2.26. The second kappa shape index (κ2) is 4.89. The van der Waals surface area contributed by atoms with Gasteiger partial charge in [-0.15, -0.1) is 0 Å². The van der Waals surface area contributed by atoms with Crippen molar-refractivity contribution >= 4 is 0 Å². The minimum Gasteiger partial charge on any atom is -0.327 e. The lowest BCUT2D eigenvalue weighted by Crippen LogP contribution is -2.45. The molecule has 3 rings (SSSR count). The highest BCUT2D eigenvalue weighted by Gasteiger charge is 2.46. The van der Waals surface area contributed by atoms with Gasteiger partial charge in [-0.2, -0.15) is 0 Å². The number of likely N-dealkylation sites (tertiary alicyclic amines) is 1. The van der Waals surface area contributed by atoms with E-state index in [1.165, 1.54) is 58.0 Å². The Bertz CT molecular complexity index is 264. The summed E-state index contributed by atoms with van der Waals surface area (Å²) in [6.45, 7) is 5.04. The molecule has 1 heterocycles. The topological polar surface area (TPSA) is 29.3 Å². The molecule has 5 atom stereocenters. The first-order chi connectivity index (χ1) is 8.25. The van der Waals surface area contributed by atoms with Gasteiger partial charge in [0.2, 0.25) is 0 Å². The lowest BCUT2D eigenvalue weighted by molar-refractivity contribution is 0.141. The molecule has 0 aromatic heterocycles. The average Bonchev–Trinajstić information content (AvgIpc) is 2.83. The molecular weight excluding hydrogens is 208 g/mol. The SMILES string of the molecule is CC1CCCCCN1CC1C2CCC(C2)C1N. The van der Waals surface area contributed by atoms with Gasteiger partial charge in [0.1, 0.15) is 0 Å². The highest BCUT2D eigenvalue weighted by atomic mass is 15.2. The summed E-state index contributed by atoms with van der Waals surface area (Å²) in [7, 11) is 0. The Morgan fingerprint density at radius 2 is 1.88 bits per heavy atom. The van der Waals surface area contributed by atoms with Gasteiger partial charge in [-0.05, 0) is 63.3 Å². The van der Waals surface area contributed by atoms with Crippen molar-refractivity contribution in [3.8, 4) is 0 Å². The van der Waals surface area contributed by atoms with Crippen LogP contribution in [0.4, 0.5) is 0 Å². The molecule has 0 aromatic rings. The second-order valence-electron chi connectivity index (χ2n) is 6.77. The summed E-state index contributed by atoms with van der Waals surface area (Å²) in [6, 6.07) is 1.31. The molecule has 0 spiro atoms. The zero-order chi connectivity index (χ0) is 11.8. The molecule has 17 heavy (non-hydrogen) atoms. The molecule has 0 aromatic carbocycles. The third-order valence-electron chi connectivity index (χ3n) is 5.79. The van der Waals surface area contributed by atoms with Gasteiger partial charge in [0.15, 0.2) is 0 Å². The van der Waals surface area contributed by atoms with E-state index >= 15 is 0 Å². The van der Waals surface area contributed by atoms with E-state index in [2.05, 4.69) is 11.8 Å². The molecule has 5 unspecified atom stereocenters. The Hall–Kier alpha value is -0.0800. The van der Waals surface area contributed by atoms with Crippen LogP contribution < -0.4 is 5.73 Å². The maximum atomic E-state index is 6.44. The Labute approximate surface area is 106 Å². The summed E-state index contributed by atoms with van der Waals surface area (Å²) < 4.78 is 0. The van der Waals surface area contributed by atoms with Gasteiger partial charge >= 0.3 is 0 Å². The van der Waals surface area contributed by atoms with E-state index in [1.54, 1.807) is 0 Å². The molecule has 2 heteroatoms. The van der Waals surface area contributed by atoms with E-state index in [0.29, 0.717) is 6.04 Å². The van der Waals surface area contributed by atoms with Crippen molar-refractivity contribution in [2.24, 2.45) is 23.5 Å². The molecular formula is C15H28N2. The van der Waals surface area contributed by atoms with E-state index in [-0.39, 0.29) is 0 Å². The van der Waals surface area contributed by atoms with Crippen molar-refractivity contribution in [3.63, 3.8) is 0 Å². The van der Waals surface area contributed by atoms with Crippen molar-refractivity contribution in [1.82, 2.24) is 4.90 Å². The molecule has 2 aliphatic carbocycles. The highest BCUT2D eigenvalue weighted by molar-refractivity contribution is 5.00. The van der Waals surface area contributed by atoms with Gasteiger partial charge in [-0.25, -0.2) is 0 Å². The number of rotatable bonds is 2. The van der Waals surface area contributed by atoms with Crippen LogP contribution >= 0.6 is 0 Å². The van der Waals surface area contributed by atoms with Gasteiger partial charge in [-0.1, -0.05) is 12.8 Å². The van der Waals surface area contributed by atoms with E-state index < -0.39 is 0 Å². The van der Waals surface area contributed by atoms with Gasteiger partial charge in [0, 0.05) is 18.6 Å². The molecule has 2 nitrogen and oxygen atoms in total. The fourth-order valence-corrected chi connectivity index (χ4v) is 4.60. The van der Waals surface area contributed by atoms with Crippen LogP contribution in [0.25, 0.3) is 0 Å². The van der Waals surface area contributed by atoms with Crippen LogP contribution in [0.5, 0.6) is 0 Å². The van der Waals surface area contributed by atoms with E-state index in [0.717, 1.165) is 23.8 Å². The van der Waals surface area contributed by atoms with Crippen molar-refractivity contribution in [3.05, 3.63) is 0 Å². The van der Waals surface area contributed by atoms with Crippen LogP contribution in [-0.2, 0) is 0 Å². The molecule has 0 amide bonds. The third-order valence-corrected chi connectivity index (χ3v) is 5.79. The molecule has 98 valence electrons. The van der Waals surface area contributed by atoms with Crippen LogP contribution in [0.3, 0.4) is 0 Å². The average molecular weight is 236 g/mol. The van der Waals surface area contributed by atoms with Crippen LogP contribution in [0.2, 0.25) is 0 Å². The Morgan fingerprint density at radius 3 is 2.65 bits per heavy atom. The first-order valence-electron chi connectivity index (χ1n) is 7.75. The van der Waals surface area contributed by atoms with E-state index in [1.807, 2.05) is 0 Å². The second-order valence-corrected chi connectivity index (χ2v) is 6.77. The fourth-order valence-electron chi connectivity index (χ4n) is 4.60. The van der Waals surface area contributed by atoms with Gasteiger partial charge in [0.25, 0.3) is 0 Å². The Kier molecular flexibility index (Phi) is 3.45. The summed E-state index contributed by atoms with van der Waals surface area (Å²) in [5.41, 5.74) is 6.44. The minimum atomic E-state index is 0.518. The smallest absolute Gasteiger partial charge is 0.0111 e. The summed E-state index contributed by atoms with van der Waals surface area (Å²) >= 11 is 0. The van der Waals surface area contributed by atoms with Crippen molar-refractivity contribution in [2.75, 3.05) is 13.1 Å². The predicted molar refractivity (Wildman–Crippen MR) is 71.8 cm³/mol. The van der Waals surface area contributed by atoms with Crippen molar-refractivity contribution in [2.45, 2.75) is 64.0 Å². The lowest BCUT2D eigenvalue weighted by atomic mass is 9.84. The molecule has 2 bridgehead atoms. The Balaban J connectivity index is 1.62. The van der Waals surface area contributed by atoms with Crippen LogP contribution in [0.1, 0.15) is 51.9 Å². The zero-order valence-corrected chi connectivity index (χ0v) is 11.3. The minimum absolute atomic E-state index is 0.518. The van der Waals surface area contributed by atoms with Crippen LogP contribution in [0, 0.1) is 17.8 Å². The molecule has 3 fully saturated rings. The monoisotopic (exact) mass is 236 g/mol.